The van der Waals surface area contributed by atoms with E-state index in [1.165, 1.54) is 64.6 Å². The average Bonchev–Trinajstić information content (AvgIpc) is 2.41. The van der Waals surface area contributed by atoms with Crippen molar-refractivity contribution in [3.63, 3.8) is 0 Å². The molecule has 18 heavy (non-hydrogen) atoms. The average molecular weight is 252 g/mol. The van der Waals surface area contributed by atoms with Gasteiger partial charge < -0.3 is 10.2 Å². The molecular formula is C16H32N2. The summed E-state index contributed by atoms with van der Waals surface area (Å²) in [6.07, 6.45) is 9.84. The Balaban J connectivity index is 1.73. The maximum atomic E-state index is 3.89. The van der Waals surface area contributed by atoms with E-state index in [1.807, 2.05) is 0 Å². The summed E-state index contributed by atoms with van der Waals surface area (Å²) in [5, 5.41) is 3.89. The maximum absolute atomic E-state index is 3.89. The van der Waals surface area contributed by atoms with Gasteiger partial charge in [-0.1, -0.05) is 33.1 Å². The van der Waals surface area contributed by atoms with Gasteiger partial charge in [-0.2, -0.15) is 0 Å². The summed E-state index contributed by atoms with van der Waals surface area (Å²) in [6, 6.07) is 0.806. The third kappa shape index (κ3) is 3.96. The summed E-state index contributed by atoms with van der Waals surface area (Å²) in [4.78, 5) is 2.47. The maximum Gasteiger partial charge on any atom is 0.00699 e. The van der Waals surface area contributed by atoms with Gasteiger partial charge in [0.1, 0.15) is 0 Å². The van der Waals surface area contributed by atoms with E-state index in [2.05, 4.69) is 31.1 Å². The molecular weight excluding hydrogens is 220 g/mol. The second kappa shape index (κ2) is 6.38. The monoisotopic (exact) mass is 252 g/mol. The van der Waals surface area contributed by atoms with Crippen molar-refractivity contribution in [3.05, 3.63) is 0 Å². The van der Waals surface area contributed by atoms with Gasteiger partial charge in [0.05, 0.1) is 0 Å². The third-order valence-electron chi connectivity index (χ3n) is 5.37. The number of hydrogen-bond donors (Lipinski definition) is 1. The minimum atomic E-state index is 0.547. The summed E-state index contributed by atoms with van der Waals surface area (Å²) in [6.45, 7) is 8.63. The first-order valence-electron chi connectivity index (χ1n) is 8.03. The summed E-state index contributed by atoms with van der Waals surface area (Å²) in [5.41, 5.74) is 0.547. The minimum Gasteiger partial charge on any atom is -0.313 e. The second-order valence-corrected chi connectivity index (χ2v) is 7.13. The summed E-state index contributed by atoms with van der Waals surface area (Å²) in [5.74, 6) is 0.988. The zero-order valence-corrected chi connectivity index (χ0v) is 12.7. The van der Waals surface area contributed by atoms with Crippen LogP contribution in [-0.4, -0.2) is 37.6 Å². The molecule has 2 atom stereocenters. The Kier molecular flexibility index (Phi) is 5.08. The van der Waals surface area contributed by atoms with Crippen LogP contribution >= 0.6 is 0 Å². The lowest BCUT2D eigenvalue weighted by Crippen LogP contribution is -2.45. The molecule has 0 bridgehead atoms. The van der Waals surface area contributed by atoms with Crippen molar-refractivity contribution in [1.82, 2.24) is 10.2 Å². The number of rotatable bonds is 4. The molecule has 0 spiro atoms. The molecule has 0 aromatic carbocycles. The van der Waals surface area contributed by atoms with Gasteiger partial charge >= 0.3 is 0 Å². The lowest BCUT2D eigenvalue weighted by Gasteiger charge is -2.40. The quantitative estimate of drug-likeness (QED) is 0.826. The Morgan fingerprint density at radius 1 is 1.22 bits per heavy atom. The number of nitrogens with one attached hydrogen (secondary N) is 1. The second-order valence-electron chi connectivity index (χ2n) is 7.13. The Hall–Kier alpha value is -0.0800. The Bertz CT molecular complexity index is 243. The highest BCUT2D eigenvalue weighted by atomic mass is 15.1. The number of piperidine rings is 1. The van der Waals surface area contributed by atoms with Gasteiger partial charge in [0.25, 0.3) is 0 Å². The fraction of sp³-hybridized carbons (Fsp3) is 1.00. The predicted octanol–water partition coefficient (Wildman–Crippen LogP) is 3.28. The van der Waals surface area contributed by atoms with Crippen LogP contribution < -0.4 is 5.32 Å². The van der Waals surface area contributed by atoms with E-state index in [0.717, 1.165) is 12.0 Å². The molecule has 1 saturated carbocycles. The molecule has 2 nitrogen and oxygen atoms in total. The van der Waals surface area contributed by atoms with E-state index >= 15 is 0 Å². The standard InChI is InChI=1S/C16H32N2/c1-4-14-6-5-7-15(12-14)17-13-16(2)8-10-18(3)11-9-16/h14-15,17H,4-13H2,1-3H3. The van der Waals surface area contributed by atoms with Crippen LogP contribution in [0.1, 0.15) is 58.8 Å². The summed E-state index contributed by atoms with van der Waals surface area (Å²) in [7, 11) is 2.25. The van der Waals surface area contributed by atoms with Crippen molar-refractivity contribution in [1.29, 1.82) is 0 Å². The van der Waals surface area contributed by atoms with Gasteiger partial charge in [-0.05, 0) is 57.2 Å². The van der Waals surface area contributed by atoms with Crippen LogP contribution in [0.4, 0.5) is 0 Å². The van der Waals surface area contributed by atoms with Crippen LogP contribution in [0.2, 0.25) is 0 Å². The largest absolute Gasteiger partial charge is 0.313 e. The normalized spacial score (nSPS) is 33.5. The molecule has 2 unspecified atom stereocenters. The molecule has 0 radical (unpaired) electrons. The molecule has 1 aliphatic heterocycles. The molecule has 0 aromatic heterocycles. The lowest BCUT2D eigenvalue weighted by atomic mass is 9.79. The van der Waals surface area contributed by atoms with Crippen LogP contribution in [0.5, 0.6) is 0 Å². The van der Waals surface area contributed by atoms with Gasteiger partial charge in [-0.15, -0.1) is 0 Å². The van der Waals surface area contributed by atoms with E-state index in [-0.39, 0.29) is 0 Å². The first kappa shape index (κ1) is 14.3. The first-order valence-corrected chi connectivity index (χ1v) is 8.03. The van der Waals surface area contributed by atoms with Gasteiger partial charge in [-0.25, -0.2) is 0 Å². The van der Waals surface area contributed by atoms with Crippen molar-refractivity contribution in [2.45, 2.75) is 64.8 Å². The molecule has 106 valence electrons. The molecule has 1 saturated heterocycles. The van der Waals surface area contributed by atoms with E-state index in [0.29, 0.717) is 5.41 Å². The first-order chi connectivity index (χ1) is 8.61. The zero-order valence-electron chi connectivity index (χ0n) is 12.7. The molecule has 1 heterocycles. The molecule has 2 rings (SSSR count). The van der Waals surface area contributed by atoms with Crippen LogP contribution in [0.15, 0.2) is 0 Å². The SMILES string of the molecule is CCC1CCCC(NCC2(C)CCN(C)CC2)C1. The Morgan fingerprint density at radius 3 is 2.61 bits per heavy atom. The number of hydrogen-bond acceptors (Lipinski definition) is 2. The third-order valence-corrected chi connectivity index (χ3v) is 5.37. The van der Waals surface area contributed by atoms with Gasteiger partial charge in [0, 0.05) is 12.6 Å². The molecule has 0 aromatic rings. The van der Waals surface area contributed by atoms with Crippen LogP contribution in [0.3, 0.4) is 0 Å². The zero-order chi connectivity index (χ0) is 13.0. The minimum absolute atomic E-state index is 0.547. The van der Waals surface area contributed by atoms with E-state index in [9.17, 15) is 0 Å². The molecule has 2 aliphatic rings. The smallest absolute Gasteiger partial charge is 0.00699 e. The molecule has 1 aliphatic carbocycles. The van der Waals surface area contributed by atoms with Crippen LogP contribution in [0, 0.1) is 11.3 Å². The Labute approximate surface area is 114 Å². The molecule has 2 heteroatoms. The molecule has 2 fully saturated rings. The predicted molar refractivity (Wildman–Crippen MR) is 78.9 cm³/mol. The van der Waals surface area contributed by atoms with Crippen molar-refractivity contribution in [2.24, 2.45) is 11.3 Å². The highest BCUT2D eigenvalue weighted by Crippen LogP contribution is 2.31. The Morgan fingerprint density at radius 2 is 1.94 bits per heavy atom. The topological polar surface area (TPSA) is 15.3 Å². The van der Waals surface area contributed by atoms with E-state index < -0.39 is 0 Å². The number of nitrogens with zero attached hydrogens (tertiary/aromatic N) is 1. The van der Waals surface area contributed by atoms with Crippen molar-refractivity contribution in [3.8, 4) is 0 Å². The fourth-order valence-corrected chi connectivity index (χ4v) is 3.57. The van der Waals surface area contributed by atoms with E-state index in [1.54, 1.807) is 0 Å². The van der Waals surface area contributed by atoms with E-state index in [4.69, 9.17) is 0 Å². The van der Waals surface area contributed by atoms with Gasteiger partial charge in [0.2, 0.25) is 0 Å². The summed E-state index contributed by atoms with van der Waals surface area (Å²) >= 11 is 0. The van der Waals surface area contributed by atoms with Crippen LogP contribution in [0.25, 0.3) is 0 Å². The highest BCUT2D eigenvalue weighted by molar-refractivity contribution is 4.86. The van der Waals surface area contributed by atoms with Crippen LogP contribution in [-0.2, 0) is 0 Å². The van der Waals surface area contributed by atoms with Crippen molar-refractivity contribution >= 4 is 0 Å². The van der Waals surface area contributed by atoms with Crippen molar-refractivity contribution < 1.29 is 0 Å². The van der Waals surface area contributed by atoms with Gasteiger partial charge in [0.15, 0.2) is 0 Å². The molecule has 1 N–H and O–H groups in total. The van der Waals surface area contributed by atoms with Crippen molar-refractivity contribution in [2.75, 3.05) is 26.7 Å². The summed E-state index contributed by atoms with van der Waals surface area (Å²) < 4.78 is 0. The van der Waals surface area contributed by atoms with Gasteiger partial charge in [-0.3, -0.25) is 0 Å². The highest BCUT2D eigenvalue weighted by Gasteiger charge is 2.30. The number of likely N-dealkylation sites (tertiary alicyclic amines) is 1. The lowest BCUT2D eigenvalue weighted by molar-refractivity contribution is 0.128. The fourth-order valence-electron chi connectivity index (χ4n) is 3.57. The molecule has 0 amide bonds.